The van der Waals surface area contributed by atoms with Crippen molar-refractivity contribution >= 4 is 24.2 Å². The van der Waals surface area contributed by atoms with Gasteiger partial charge in [0.15, 0.2) is 12.6 Å². The van der Waals surface area contributed by atoms with E-state index in [1.165, 1.54) is 12.1 Å². The molecule has 0 fully saturated rings. The van der Waals surface area contributed by atoms with E-state index in [-0.39, 0.29) is 21.9 Å². The lowest BCUT2D eigenvalue weighted by molar-refractivity contribution is 0.109. The Balaban J connectivity index is 3.48. The number of phenolic OH excluding ortho intramolecular Hbond substituents is 1. The van der Waals surface area contributed by atoms with Gasteiger partial charge in [0.1, 0.15) is 5.75 Å². The molecule has 4 heteroatoms. The molecular weight excluding hydrogens is 180 g/mol. The molecule has 0 aliphatic carbocycles. The second-order valence-corrected chi connectivity index (χ2v) is 2.54. The van der Waals surface area contributed by atoms with Crippen molar-refractivity contribution in [2.45, 2.75) is 0 Å². The number of aromatic hydroxyl groups is 1. The van der Waals surface area contributed by atoms with Crippen molar-refractivity contribution in [2.75, 3.05) is 0 Å². The van der Waals surface area contributed by atoms with E-state index in [0.717, 1.165) is 0 Å². The Morgan fingerprint density at radius 2 is 1.75 bits per heavy atom. The largest absolute Gasteiger partial charge is 0.507 e. The molecule has 3 nitrogen and oxygen atoms in total. The first-order valence-corrected chi connectivity index (χ1v) is 3.50. The maximum atomic E-state index is 10.4. The molecule has 62 valence electrons. The molecule has 0 heterocycles. The highest BCUT2D eigenvalue weighted by molar-refractivity contribution is 6.33. The Morgan fingerprint density at radius 3 is 2.17 bits per heavy atom. The van der Waals surface area contributed by atoms with Crippen LogP contribution in [-0.4, -0.2) is 17.7 Å². The second kappa shape index (κ2) is 3.36. The van der Waals surface area contributed by atoms with E-state index in [0.29, 0.717) is 12.6 Å². The van der Waals surface area contributed by atoms with Crippen LogP contribution in [0.1, 0.15) is 20.7 Å². The molecule has 0 radical (unpaired) electrons. The lowest BCUT2D eigenvalue weighted by Crippen LogP contribution is -1.92. The summed E-state index contributed by atoms with van der Waals surface area (Å²) in [5, 5.41) is 9.26. The highest BCUT2D eigenvalue weighted by Crippen LogP contribution is 2.24. The van der Waals surface area contributed by atoms with Crippen LogP contribution < -0.4 is 0 Å². The van der Waals surface area contributed by atoms with Gasteiger partial charge < -0.3 is 5.11 Å². The third-order valence-corrected chi connectivity index (χ3v) is 1.78. The number of phenols is 1. The maximum absolute atomic E-state index is 10.4. The molecule has 1 aromatic carbocycles. The highest BCUT2D eigenvalue weighted by Gasteiger charge is 2.09. The SMILES string of the molecule is O=Cc1c(O)ccc(Cl)c1C=O. The minimum Gasteiger partial charge on any atom is -0.507 e. The van der Waals surface area contributed by atoms with Gasteiger partial charge in [-0.15, -0.1) is 0 Å². The second-order valence-electron chi connectivity index (χ2n) is 2.13. The minimum atomic E-state index is -0.239. The average molecular weight is 185 g/mol. The van der Waals surface area contributed by atoms with Gasteiger partial charge in [-0.2, -0.15) is 0 Å². The molecule has 0 atom stereocenters. The molecule has 0 bridgehead atoms. The van der Waals surface area contributed by atoms with Gasteiger partial charge >= 0.3 is 0 Å². The predicted octanol–water partition coefficient (Wildman–Crippen LogP) is 1.67. The summed E-state index contributed by atoms with van der Waals surface area (Å²) < 4.78 is 0. The number of halogens is 1. The molecule has 1 rings (SSSR count). The van der Waals surface area contributed by atoms with E-state index in [2.05, 4.69) is 0 Å². The summed E-state index contributed by atoms with van der Waals surface area (Å²) in [6.07, 6.45) is 0.830. The topological polar surface area (TPSA) is 54.4 Å². The summed E-state index contributed by atoms with van der Waals surface area (Å²) in [4.78, 5) is 20.8. The van der Waals surface area contributed by atoms with Crippen molar-refractivity contribution in [3.8, 4) is 5.75 Å². The van der Waals surface area contributed by atoms with Gasteiger partial charge in [0.2, 0.25) is 0 Å². The Morgan fingerprint density at radius 1 is 1.17 bits per heavy atom. The Bertz CT molecular complexity index is 300. The van der Waals surface area contributed by atoms with Gasteiger partial charge in [-0.05, 0) is 12.1 Å². The Hall–Kier alpha value is -1.35. The van der Waals surface area contributed by atoms with Gasteiger partial charge in [-0.25, -0.2) is 0 Å². The maximum Gasteiger partial charge on any atom is 0.154 e. The van der Waals surface area contributed by atoms with Gasteiger partial charge in [-0.3, -0.25) is 9.59 Å². The van der Waals surface area contributed by atoms with Gasteiger partial charge in [0.25, 0.3) is 0 Å². The van der Waals surface area contributed by atoms with Crippen LogP contribution >= 0.6 is 11.6 Å². The summed E-state index contributed by atoms with van der Waals surface area (Å²) in [5.74, 6) is -0.239. The van der Waals surface area contributed by atoms with Crippen LogP contribution in [0.5, 0.6) is 5.75 Å². The third kappa shape index (κ3) is 1.31. The van der Waals surface area contributed by atoms with Gasteiger partial charge in [0.05, 0.1) is 10.6 Å². The molecule has 0 aromatic heterocycles. The first kappa shape index (κ1) is 8.74. The van der Waals surface area contributed by atoms with E-state index < -0.39 is 0 Å². The smallest absolute Gasteiger partial charge is 0.154 e. The first-order valence-electron chi connectivity index (χ1n) is 3.12. The standard InChI is InChI=1S/C8H5ClO3/c9-7-1-2-8(12)6(4-11)5(7)3-10/h1-4,12H. The molecule has 0 spiro atoms. The zero-order chi connectivity index (χ0) is 9.14. The van der Waals surface area contributed by atoms with Crippen LogP contribution in [-0.2, 0) is 0 Å². The Kier molecular flexibility index (Phi) is 2.45. The quantitative estimate of drug-likeness (QED) is 0.712. The molecule has 12 heavy (non-hydrogen) atoms. The normalized spacial score (nSPS) is 9.42. The summed E-state index contributed by atoms with van der Waals surface area (Å²) >= 11 is 5.58. The van der Waals surface area contributed by atoms with Crippen molar-refractivity contribution in [3.05, 3.63) is 28.3 Å². The fourth-order valence-corrected chi connectivity index (χ4v) is 1.05. The van der Waals surface area contributed by atoms with E-state index in [1.54, 1.807) is 0 Å². The molecule has 0 amide bonds. The van der Waals surface area contributed by atoms with Crippen LogP contribution in [0.4, 0.5) is 0 Å². The number of hydrogen-bond donors (Lipinski definition) is 1. The van der Waals surface area contributed by atoms with Gasteiger partial charge in [-0.1, -0.05) is 11.6 Å². The minimum absolute atomic E-state index is 0.0201. The highest BCUT2D eigenvalue weighted by atomic mass is 35.5. The summed E-state index contributed by atoms with van der Waals surface area (Å²) in [6, 6.07) is 2.62. The van der Waals surface area contributed by atoms with E-state index in [4.69, 9.17) is 16.7 Å². The molecule has 0 aliphatic heterocycles. The van der Waals surface area contributed by atoms with Crippen LogP contribution in [0.15, 0.2) is 12.1 Å². The monoisotopic (exact) mass is 184 g/mol. The number of rotatable bonds is 2. The lowest BCUT2D eigenvalue weighted by atomic mass is 10.1. The van der Waals surface area contributed by atoms with Crippen molar-refractivity contribution in [1.29, 1.82) is 0 Å². The van der Waals surface area contributed by atoms with Crippen molar-refractivity contribution < 1.29 is 14.7 Å². The zero-order valence-corrected chi connectivity index (χ0v) is 6.71. The van der Waals surface area contributed by atoms with E-state index >= 15 is 0 Å². The third-order valence-electron chi connectivity index (χ3n) is 1.45. The number of benzene rings is 1. The van der Waals surface area contributed by atoms with Crippen LogP contribution in [0, 0.1) is 0 Å². The fourth-order valence-electron chi connectivity index (χ4n) is 0.842. The van der Waals surface area contributed by atoms with E-state index in [9.17, 15) is 9.59 Å². The summed E-state index contributed by atoms with van der Waals surface area (Å²) in [6.45, 7) is 0. The molecule has 0 aliphatic rings. The van der Waals surface area contributed by atoms with Gasteiger partial charge in [0, 0.05) is 5.56 Å². The predicted molar refractivity (Wildman–Crippen MR) is 43.9 cm³/mol. The first-order chi connectivity index (χ1) is 5.70. The number of carbonyl (C=O) groups is 2. The zero-order valence-electron chi connectivity index (χ0n) is 5.95. The summed E-state index contributed by atoms with van der Waals surface area (Å²) in [5.41, 5.74) is -0.0517. The fraction of sp³-hybridized carbons (Fsp3) is 0. The number of carbonyl (C=O) groups excluding carboxylic acids is 2. The average Bonchev–Trinajstić information content (AvgIpc) is 2.08. The molecule has 0 saturated carbocycles. The molecule has 0 unspecified atom stereocenters. The number of hydrogen-bond acceptors (Lipinski definition) is 3. The lowest BCUT2D eigenvalue weighted by Gasteiger charge is -2.01. The van der Waals surface area contributed by atoms with Crippen molar-refractivity contribution in [1.82, 2.24) is 0 Å². The molecule has 1 aromatic rings. The molecule has 0 saturated heterocycles. The molecule has 1 N–H and O–H groups in total. The van der Waals surface area contributed by atoms with Crippen LogP contribution in [0.3, 0.4) is 0 Å². The van der Waals surface area contributed by atoms with Crippen molar-refractivity contribution in [3.63, 3.8) is 0 Å². The number of aldehydes is 2. The van der Waals surface area contributed by atoms with Crippen LogP contribution in [0.2, 0.25) is 5.02 Å². The summed E-state index contributed by atoms with van der Waals surface area (Å²) in [7, 11) is 0. The van der Waals surface area contributed by atoms with Crippen molar-refractivity contribution in [2.24, 2.45) is 0 Å². The van der Waals surface area contributed by atoms with E-state index in [1.807, 2.05) is 0 Å². The Labute approximate surface area is 73.6 Å². The molecular formula is C8H5ClO3. The van der Waals surface area contributed by atoms with Crippen LogP contribution in [0.25, 0.3) is 0 Å².